The fourth-order valence-corrected chi connectivity index (χ4v) is 3.67. The van der Waals surface area contributed by atoms with Gasteiger partial charge in [0.25, 0.3) is 5.91 Å². The summed E-state index contributed by atoms with van der Waals surface area (Å²) < 4.78 is 7.08. The van der Waals surface area contributed by atoms with Crippen molar-refractivity contribution in [2.45, 2.75) is 12.8 Å². The standard InChI is InChI=1S/C23H26N4O2/c1-29-20-9-7-18(8-10-20)22-15-21(26-27(22)19-5-3-2-4-6-19)23(28)25-14-12-17-11-13-24-16-17/h2-10,15,17,24H,11-14,16H2,1H3,(H,25,28). The smallest absolute Gasteiger partial charge is 0.271 e. The van der Waals surface area contributed by atoms with Gasteiger partial charge in [0.15, 0.2) is 5.69 Å². The lowest BCUT2D eigenvalue weighted by Crippen LogP contribution is -2.26. The molecule has 1 saturated heterocycles. The number of amides is 1. The zero-order chi connectivity index (χ0) is 20.1. The zero-order valence-electron chi connectivity index (χ0n) is 16.6. The molecular formula is C23H26N4O2. The molecule has 1 aliphatic heterocycles. The molecule has 1 unspecified atom stereocenters. The predicted molar refractivity (Wildman–Crippen MR) is 113 cm³/mol. The second-order valence-corrected chi connectivity index (χ2v) is 7.29. The number of para-hydroxylation sites is 1. The molecule has 150 valence electrons. The fourth-order valence-electron chi connectivity index (χ4n) is 3.67. The van der Waals surface area contributed by atoms with Crippen molar-refractivity contribution in [3.63, 3.8) is 0 Å². The van der Waals surface area contributed by atoms with Crippen molar-refractivity contribution >= 4 is 5.91 Å². The van der Waals surface area contributed by atoms with E-state index in [4.69, 9.17) is 4.74 Å². The van der Waals surface area contributed by atoms with E-state index in [0.29, 0.717) is 18.2 Å². The molecule has 2 aromatic carbocycles. The van der Waals surface area contributed by atoms with Crippen LogP contribution in [0.5, 0.6) is 5.75 Å². The van der Waals surface area contributed by atoms with E-state index in [9.17, 15) is 4.79 Å². The number of nitrogens with zero attached hydrogens (tertiary/aromatic N) is 2. The highest BCUT2D eigenvalue weighted by molar-refractivity contribution is 5.93. The van der Waals surface area contributed by atoms with E-state index in [2.05, 4.69) is 15.7 Å². The summed E-state index contributed by atoms with van der Waals surface area (Å²) in [6, 6.07) is 19.5. The Balaban J connectivity index is 1.57. The monoisotopic (exact) mass is 390 g/mol. The van der Waals surface area contributed by atoms with Gasteiger partial charge in [-0.2, -0.15) is 5.10 Å². The van der Waals surface area contributed by atoms with Crippen molar-refractivity contribution in [3.05, 3.63) is 66.4 Å². The highest BCUT2D eigenvalue weighted by atomic mass is 16.5. The second-order valence-electron chi connectivity index (χ2n) is 7.29. The Kier molecular flexibility index (Phi) is 5.91. The number of carbonyl (C=O) groups is 1. The summed E-state index contributed by atoms with van der Waals surface area (Å²) in [4.78, 5) is 12.7. The summed E-state index contributed by atoms with van der Waals surface area (Å²) in [6.45, 7) is 2.78. The SMILES string of the molecule is COc1ccc(-c2cc(C(=O)NCCC3CCNC3)nn2-c2ccccc2)cc1. The Bertz CT molecular complexity index is 945. The van der Waals surface area contributed by atoms with E-state index in [1.807, 2.05) is 65.3 Å². The Hall–Kier alpha value is -3.12. The molecule has 0 bridgehead atoms. The van der Waals surface area contributed by atoms with Crippen LogP contribution in [0.15, 0.2) is 60.7 Å². The number of aromatic nitrogens is 2. The molecule has 1 amide bonds. The first-order chi connectivity index (χ1) is 14.2. The first-order valence-corrected chi connectivity index (χ1v) is 10.0. The number of nitrogens with one attached hydrogen (secondary N) is 2. The van der Waals surface area contributed by atoms with Crippen molar-refractivity contribution in [2.75, 3.05) is 26.7 Å². The first-order valence-electron chi connectivity index (χ1n) is 10.0. The lowest BCUT2D eigenvalue weighted by atomic mass is 10.1. The Morgan fingerprint density at radius 1 is 1.21 bits per heavy atom. The first kappa shape index (κ1) is 19.2. The third-order valence-corrected chi connectivity index (χ3v) is 5.33. The van der Waals surface area contributed by atoms with Gasteiger partial charge in [0.05, 0.1) is 18.5 Å². The molecule has 4 rings (SSSR count). The molecule has 1 aliphatic rings. The molecule has 3 aromatic rings. The molecule has 6 heteroatoms. The Morgan fingerprint density at radius 3 is 2.69 bits per heavy atom. The summed E-state index contributed by atoms with van der Waals surface area (Å²) in [5, 5.41) is 11.0. The fraction of sp³-hybridized carbons (Fsp3) is 0.304. The summed E-state index contributed by atoms with van der Waals surface area (Å²) >= 11 is 0. The van der Waals surface area contributed by atoms with E-state index >= 15 is 0 Å². The molecule has 0 spiro atoms. The highest BCUT2D eigenvalue weighted by Gasteiger charge is 2.18. The minimum Gasteiger partial charge on any atom is -0.497 e. The lowest BCUT2D eigenvalue weighted by Gasteiger charge is -2.08. The Morgan fingerprint density at radius 2 is 2.00 bits per heavy atom. The van der Waals surface area contributed by atoms with Crippen LogP contribution in [0.1, 0.15) is 23.3 Å². The average molecular weight is 390 g/mol. The van der Waals surface area contributed by atoms with Gasteiger partial charge in [-0.05, 0) is 74.3 Å². The summed E-state index contributed by atoms with van der Waals surface area (Å²) in [6.07, 6.45) is 2.17. The van der Waals surface area contributed by atoms with Crippen LogP contribution >= 0.6 is 0 Å². The van der Waals surface area contributed by atoms with Crippen LogP contribution < -0.4 is 15.4 Å². The summed E-state index contributed by atoms with van der Waals surface area (Å²) in [5.74, 6) is 1.30. The van der Waals surface area contributed by atoms with Gasteiger partial charge in [0.1, 0.15) is 5.75 Å². The number of benzene rings is 2. The summed E-state index contributed by atoms with van der Waals surface area (Å²) in [7, 11) is 1.65. The minimum atomic E-state index is -0.139. The second kappa shape index (κ2) is 8.92. The number of carbonyl (C=O) groups excluding carboxylic acids is 1. The molecule has 2 N–H and O–H groups in total. The lowest BCUT2D eigenvalue weighted by molar-refractivity contribution is 0.0946. The molecule has 0 radical (unpaired) electrons. The van der Waals surface area contributed by atoms with Crippen LogP contribution in [0.3, 0.4) is 0 Å². The van der Waals surface area contributed by atoms with Crippen LogP contribution in [-0.2, 0) is 0 Å². The van der Waals surface area contributed by atoms with E-state index < -0.39 is 0 Å². The Labute approximate surface area is 170 Å². The number of ether oxygens (including phenoxy) is 1. The van der Waals surface area contributed by atoms with Crippen molar-refractivity contribution < 1.29 is 9.53 Å². The van der Waals surface area contributed by atoms with Crippen molar-refractivity contribution in [2.24, 2.45) is 5.92 Å². The van der Waals surface area contributed by atoms with E-state index in [-0.39, 0.29) is 5.91 Å². The molecule has 1 aromatic heterocycles. The molecule has 6 nitrogen and oxygen atoms in total. The van der Waals surface area contributed by atoms with Crippen LogP contribution in [0.25, 0.3) is 16.9 Å². The van der Waals surface area contributed by atoms with Gasteiger partial charge in [-0.15, -0.1) is 0 Å². The van der Waals surface area contributed by atoms with E-state index in [1.54, 1.807) is 7.11 Å². The highest BCUT2D eigenvalue weighted by Crippen LogP contribution is 2.26. The molecule has 2 heterocycles. The van der Waals surface area contributed by atoms with Gasteiger partial charge in [-0.3, -0.25) is 4.79 Å². The van der Waals surface area contributed by atoms with Crippen LogP contribution in [0.2, 0.25) is 0 Å². The molecule has 29 heavy (non-hydrogen) atoms. The van der Waals surface area contributed by atoms with Crippen molar-refractivity contribution in [1.82, 2.24) is 20.4 Å². The number of hydrogen-bond donors (Lipinski definition) is 2. The van der Waals surface area contributed by atoms with Gasteiger partial charge in [0, 0.05) is 12.1 Å². The molecule has 1 fully saturated rings. The summed E-state index contributed by atoms with van der Waals surface area (Å²) in [5.41, 5.74) is 3.17. The van der Waals surface area contributed by atoms with Gasteiger partial charge in [-0.25, -0.2) is 4.68 Å². The normalized spacial score (nSPS) is 16.0. The predicted octanol–water partition coefficient (Wildman–Crippen LogP) is 3.28. The average Bonchev–Trinajstić information content (AvgIpc) is 3.45. The number of hydrogen-bond acceptors (Lipinski definition) is 4. The largest absolute Gasteiger partial charge is 0.497 e. The molecule has 1 atom stereocenters. The van der Waals surface area contributed by atoms with Crippen LogP contribution in [0, 0.1) is 5.92 Å². The van der Waals surface area contributed by atoms with E-state index in [0.717, 1.165) is 42.2 Å². The quantitative estimate of drug-likeness (QED) is 0.650. The van der Waals surface area contributed by atoms with Crippen LogP contribution in [-0.4, -0.2) is 42.4 Å². The van der Waals surface area contributed by atoms with Gasteiger partial charge < -0.3 is 15.4 Å². The van der Waals surface area contributed by atoms with Gasteiger partial charge in [0.2, 0.25) is 0 Å². The van der Waals surface area contributed by atoms with Gasteiger partial charge >= 0.3 is 0 Å². The molecule has 0 saturated carbocycles. The van der Waals surface area contributed by atoms with E-state index in [1.165, 1.54) is 6.42 Å². The molecule has 0 aliphatic carbocycles. The maximum absolute atomic E-state index is 12.7. The zero-order valence-corrected chi connectivity index (χ0v) is 16.6. The third kappa shape index (κ3) is 4.49. The van der Waals surface area contributed by atoms with Crippen molar-refractivity contribution in [1.29, 1.82) is 0 Å². The molecular weight excluding hydrogens is 364 g/mol. The van der Waals surface area contributed by atoms with Gasteiger partial charge in [-0.1, -0.05) is 18.2 Å². The number of methoxy groups -OCH3 is 1. The maximum Gasteiger partial charge on any atom is 0.271 e. The van der Waals surface area contributed by atoms with Crippen LogP contribution in [0.4, 0.5) is 0 Å². The van der Waals surface area contributed by atoms with Crippen molar-refractivity contribution in [3.8, 4) is 22.7 Å². The third-order valence-electron chi connectivity index (χ3n) is 5.33. The minimum absolute atomic E-state index is 0.139. The number of rotatable bonds is 7. The topological polar surface area (TPSA) is 68.2 Å². The maximum atomic E-state index is 12.7.